The molecule has 4 aromatic rings. The number of halogens is 1. The van der Waals surface area contributed by atoms with Gasteiger partial charge < -0.3 is 15.0 Å². The molecule has 0 amide bonds. The highest BCUT2D eigenvalue weighted by molar-refractivity contribution is 9.10. The van der Waals surface area contributed by atoms with E-state index in [1.54, 1.807) is 11.3 Å². The van der Waals surface area contributed by atoms with Crippen molar-refractivity contribution < 1.29 is 5.11 Å². The van der Waals surface area contributed by atoms with Crippen LogP contribution in [-0.4, -0.2) is 26.7 Å². The average Bonchev–Trinajstić information content (AvgIpc) is 3.03. The number of aryl methyl sites for hydroxylation is 1. The Morgan fingerprint density at radius 2 is 1.86 bits per heavy atom. The van der Waals surface area contributed by atoms with Crippen molar-refractivity contribution in [3.05, 3.63) is 80.6 Å². The maximum absolute atomic E-state index is 12.7. The molecular weight excluding hydrogens is 432 g/mol. The summed E-state index contributed by atoms with van der Waals surface area (Å²) in [6.07, 6.45) is -0.722. The summed E-state index contributed by atoms with van der Waals surface area (Å²) in [6.45, 7) is 2.34. The summed E-state index contributed by atoms with van der Waals surface area (Å²) in [7, 11) is 0. The summed E-state index contributed by atoms with van der Waals surface area (Å²) in [4.78, 5) is 12.7. The summed E-state index contributed by atoms with van der Waals surface area (Å²) in [5.74, 6) is 0. The lowest BCUT2D eigenvalue weighted by molar-refractivity contribution is 0.169. The van der Waals surface area contributed by atoms with Gasteiger partial charge in [-0.1, -0.05) is 28.1 Å². The molecular formula is C22H19BrN4O2. The quantitative estimate of drug-likeness (QED) is 0.485. The first-order valence-electron chi connectivity index (χ1n) is 9.21. The van der Waals surface area contributed by atoms with Gasteiger partial charge in [-0.3, -0.25) is 9.20 Å². The molecule has 0 aliphatic rings. The van der Waals surface area contributed by atoms with Crippen LogP contribution in [0.25, 0.3) is 16.7 Å². The fourth-order valence-corrected chi connectivity index (χ4v) is 3.86. The van der Waals surface area contributed by atoms with Gasteiger partial charge in [0.15, 0.2) is 0 Å². The molecule has 1 atom stereocenters. The summed E-state index contributed by atoms with van der Waals surface area (Å²) in [5.41, 5.74) is 3.82. The molecule has 0 unspecified atom stereocenters. The van der Waals surface area contributed by atoms with Gasteiger partial charge in [0.25, 0.3) is 5.56 Å². The number of imidazole rings is 1. The molecule has 0 saturated carbocycles. The number of hydrogen-bond donors (Lipinski definition) is 2. The first-order valence-corrected chi connectivity index (χ1v) is 10.00. The second-order valence-corrected chi connectivity index (χ2v) is 7.87. The van der Waals surface area contributed by atoms with Crippen LogP contribution in [0.15, 0.2) is 63.9 Å². The van der Waals surface area contributed by atoms with Crippen LogP contribution in [-0.2, 0) is 6.54 Å². The lowest BCUT2D eigenvalue weighted by Crippen LogP contribution is -2.25. The first-order chi connectivity index (χ1) is 14.0. The van der Waals surface area contributed by atoms with Crippen LogP contribution in [0.2, 0.25) is 0 Å². The average molecular weight is 451 g/mol. The second kappa shape index (κ2) is 7.74. The molecule has 0 aliphatic carbocycles. The van der Waals surface area contributed by atoms with Gasteiger partial charge in [-0.25, -0.2) is 0 Å². The predicted molar refractivity (Wildman–Crippen MR) is 117 cm³/mol. The molecule has 0 fully saturated rings. The van der Waals surface area contributed by atoms with Crippen molar-refractivity contribution in [2.75, 3.05) is 11.9 Å². The summed E-state index contributed by atoms with van der Waals surface area (Å²) >= 11 is 3.40. The molecule has 7 heteroatoms. The molecule has 4 rings (SSSR count). The number of nitrogens with zero attached hydrogens (tertiary/aromatic N) is 3. The molecule has 146 valence electrons. The van der Waals surface area contributed by atoms with Crippen LogP contribution in [0.5, 0.6) is 0 Å². The second-order valence-electron chi connectivity index (χ2n) is 6.95. The van der Waals surface area contributed by atoms with Crippen molar-refractivity contribution in [3.63, 3.8) is 0 Å². The van der Waals surface area contributed by atoms with Crippen molar-refractivity contribution in [2.45, 2.75) is 19.6 Å². The zero-order valence-electron chi connectivity index (χ0n) is 15.8. The number of fused-ring (bicyclic) bond motifs is 3. The molecule has 2 aromatic carbocycles. The van der Waals surface area contributed by atoms with Crippen LogP contribution >= 0.6 is 15.9 Å². The Hall–Kier alpha value is -3.08. The van der Waals surface area contributed by atoms with E-state index in [1.807, 2.05) is 53.1 Å². The van der Waals surface area contributed by atoms with Gasteiger partial charge in [-0.2, -0.15) is 5.26 Å². The Labute approximate surface area is 175 Å². The van der Waals surface area contributed by atoms with Crippen molar-refractivity contribution in [2.24, 2.45) is 0 Å². The summed E-state index contributed by atoms with van der Waals surface area (Å²) in [5, 5.41) is 23.6. The lowest BCUT2D eigenvalue weighted by Gasteiger charge is -2.16. The number of benzene rings is 2. The molecule has 2 aromatic heterocycles. The van der Waals surface area contributed by atoms with Crippen molar-refractivity contribution in [1.29, 1.82) is 5.26 Å². The van der Waals surface area contributed by atoms with Gasteiger partial charge in [-0.15, -0.1) is 0 Å². The minimum absolute atomic E-state index is 0.186. The SMILES string of the molecule is Cc1cc(=O)n2c3ccccc3n(C[C@@H](O)CNc3ccc(Br)cc3)c2c1C#N. The number of pyridine rings is 1. The third-order valence-corrected chi connectivity index (χ3v) is 5.48. The monoisotopic (exact) mass is 450 g/mol. The fourth-order valence-electron chi connectivity index (χ4n) is 3.60. The largest absolute Gasteiger partial charge is 0.389 e. The standard InChI is InChI=1S/C22H19BrN4O2/c1-14-10-21(29)27-20-5-3-2-4-19(20)26(22(27)18(14)11-24)13-17(28)12-25-16-8-6-15(23)7-9-16/h2-10,17,25,28H,12-13H2,1H3/t17-/m0/s1. The molecule has 0 aliphatic heterocycles. The highest BCUT2D eigenvalue weighted by atomic mass is 79.9. The van der Waals surface area contributed by atoms with Crippen LogP contribution in [0, 0.1) is 18.3 Å². The zero-order chi connectivity index (χ0) is 20.5. The Morgan fingerprint density at radius 1 is 1.17 bits per heavy atom. The Bertz CT molecular complexity index is 1300. The molecule has 2 heterocycles. The van der Waals surface area contributed by atoms with E-state index in [1.165, 1.54) is 6.07 Å². The third-order valence-electron chi connectivity index (χ3n) is 4.95. The van der Waals surface area contributed by atoms with E-state index in [2.05, 4.69) is 27.3 Å². The number of hydrogen-bond acceptors (Lipinski definition) is 4. The third kappa shape index (κ3) is 3.53. The van der Waals surface area contributed by atoms with Crippen LogP contribution < -0.4 is 10.9 Å². The molecule has 0 spiro atoms. The van der Waals surface area contributed by atoms with E-state index in [4.69, 9.17) is 0 Å². The van der Waals surface area contributed by atoms with Crippen LogP contribution in [0.4, 0.5) is 5.69 Å². The lowest BCUT2D eigenvalue weighted by atomic mass is 10.1. The van der Waals surface area contributed by atoms with E-state index in [0.29, 0.717) is 23.3 Å². The normalized spacial score (nSPS) is 12.2. The number of aromatic nitrogens is 2. The summed E-state index contributed by atoms with van der Waals surface area (Å²) < 4.78 is 4.39. The molecule has 2 N–H and O–H groups in total. The number of nitrogens with one attached hydrogen (secondary N) is 1. The highest BCUT2D eigenvalue weighted by Gasteiger charge is 2.19. The van der Waals surface area contributed by atoms with Gasteiger partial charge in [-0.05, 0) is 48.9 Å². The number of rotatable bonds is 5. The molecule has 6 nitrogen and oxygen atoms in total. The number of aliphatic hydroxyl groups excluding tert-OH is 1. The maximum atomic E-state index is 12.7. The van der Waals surface area contributed by atoms with Gasteiger partial charge in [0.1, 0.15) is 11.7 Å². The topological polar surface area (TPSA) is 82.5 Å². The van der Waals surface area contributed by atoms with Crippen molar-refractivity contribution >= 4 is 38.3 Å². The maximum Gasteiger partial charge on any atom is 0.257 e. The summed E-state index contributed by atoms with van der Waals surface area (Å²) in [6, 6.07) is 18.9. The minimum Gasteiger partial charge on any atom is -0.389 e. The van der Waals surface area contributed by atoms with E-state index in [9.17, 15) is 15.2 Å². The zero-order valence-corrected chi connectivity index (χ0v) is 17.3. The van der Waals surface area contributed by atoms with Crippen LogP contribution in [0.1, 0.15) is 11.1 Å². The van der Waals surface area contributed by atoms with Gasteiger partial charge in [0.2, 0.25) is 0 Å². The molecule has 29 heavy (non-hydrogen) atoms. The van der Waals surface area contributed by atoms with Crippen molar-refractivity contribution in [3.8, 4) is 6.07 Å². The fraction of sp³-hybridized carbons (Fsp3) is 0.182. The van der Waals surface area contributed by atoms with E-state index in [-0.39, 0.29) is 12.1 Å². The van der Waals surface area contributed by atoms with Gasteiger partial charge >= 0.3 is 0 Å². The number of nitriles is 1. The van der Waals surface area contributed by atoms with Crippen LogP contribution in [0.3, 0.4) is 0 Å². The number of anilines is 1. The van der Waals surface area contributed by atoms with Gasteiger partial charge in [0.05, 0.1) is 29.2 Å². The predicted octanol–water partition coefficient (Wildman–Crippen LogP) is 3.67. The molecule has 0 saturated heterocycles. The minimum atomic E-state index is -0.722. The number of para-hydroxylation sites is 2. The number of aliphatic hydroxyl groups is 1. The van der Waals surface area contributed by atoms with E-state index in [0.717, 1.165) is 21.2 Å². The Kier molecular flexibility index (Phi) is 5.14. The van der Waals surface area contributed by atoms with E-state index < -0.39 is 6.10 Å². The highest BCUT2D eigenvalue weighted by Crippen LogP contribution is 2.24. The van der Waals surface area contributed by atoms with Gasteiger partial charge in [0, 0.05) is 22.8 Å². The Morgan fingerprint density at radius 3 is 2.55 bits per heavy atom. The first kappa shape index (κ1) is 19.2. The van der Waals surface area contributed by atoms with E-state index >= 15 is 0 Å². The molecule has 0 bridgehead atoms. The smallest absolute Gasteiger partial charge is 0.257 e. The molecule has 0 radical (unpaired) electrons. The Balaban J connectivity index is 1.75. The van der Waals surface area contributed by atoms with Crippen molar-refractivity contribution in [1.82, 2.24) is 8.97 Å².